The summed E-state index contributed by atoms with van der Waals surface area (Å²) in [6.07, 6.45) is 1.73. The van der Waals surface area contributed by atoms with E-state index < -0.39 is 0 Å². The summed E-state index contributed by atoms with van der Waals surface area (Å²) in [7, 11) is 3.30. The Hall–Kier alpha value is -2.28. The van der Waals surface area contributed by atoms with E-state index in [9.17, 15) is 0 Å². The molecule has 0 spiro atoms. The van der Waals surface area contributed by atoms with Crippen molar-refractivity contribution in [1.29, 1.82) is 0 Å². The summed E-state index contributed by atoms with van der Waals surface area (Å²) in [5, 5.41) is 10.0. The van der Waals surface area contributed by atoms with Crippen molar-refractivity contribution in [3.8, 4) is 11.5 Å². The first kappa shape index (κ1) is 22.0. The highest BCUT2D eigenvalue weighted by Crippen LogP contribution is 2.27. The standard InChI is InChI=1S/C21H32N4O2S/c1-6-22-21(24-12-10-17-14-28-20(25-17)15(2)3)23-11-9-16-7-8-18(26-4)19(13-16)27-5/h7-8,13-15H,6,9-12H2,1-5H3,(H2,22,23,24). The van der Waals surface area contributed by atoms with Gasteiger partial charge in [-0.25, -0.2) is 4.98 Å². The number of benzene rings is 1. The van der Waals surface area contributed by atoms with Crippen LogP contribution in [0.4, 0.5) is 0 Å². The van der Waals surface area contributed by atoms with Crippen LogP contribution in [0.25, 0.3) is 0 Å². The first-order valence-electron chi connectivity index (χ1n) is 9.74. The molecule has 2 aromatic rings. The van der Waals surface area contributed by atoms with Gasteiger partial charge in [0.1, 0.15) is 0 Å². The number of rotatable bonds is 10. The molecule has 0 fully saturated rings. The minimum atomic E-state index is 0.484. The average Bonchev–Trinajstić information content (AvgIpc) is 3.17. The molecule has 0 unspecified atom stereocenters. The summed E-state index contributed by atoms with van der Waals surface area (Å²) >= 11 is 1.73. The van der Waals surface area contributed by atoms with Crippen molar-refractivity contribution >= 4 is 17.3 Å². The number of nitrogens with zero attached hydrogens (tertiary/aromatic N) is 2. The summed E-state index contributed by atoms with van der Waals surface area (Å²) in [6, 6.07) is 6.01. The third-order valence-corrected chi connectivity index (χ3v) is 5.39. The molecule has 1 aromatic heterocycles. The largest absolute Gasteiger partial charge is 0.493 e. The maximum Gasteiger partial charge on any atom is 0.191 e. The number of thiazole rings is 1. The molecule has 0 aliphatic carbocycles. The van der Waals surface area contributed by atoms with Crippen LogP contribution in [0.1, 0.15) is 43.0 Å². The summed E-state index contributed by atoms with van der Waals surface area (Å²) < 4.78 is 10.7. The van der Waals surface area contributed by atoms with E-state index >= 15 is 0 Å². The van der Waals surface area contributed by atoms with Gasteiger partial charge in [-0.1, -0.05) is 19.9 Å². The number of ether oxygens (including phenoxy) is 2. The van der Waals surface area contributed by atoms with Crippen LogP contribution >= 0.6 is 11.3 Å². The van der Waals surface area contributed by atoms with E-state index in [0.29, 0.717) is 12.5 Å². The third kappa shape index (κ3) is 6.71. The topological polar surface area (TPSA) is 67.8 Å². The van der Waals surface area contributed by atoms with Gasteiger partial charge in [0.2, 0.25) is 0 Å². The van der Waals surface area contributed by atoms with Crippen LogP contribution in [0.5, 0.6) is 11.5 Å². The fourth-order valence-electron chi connectivity index (χ4n) is 2.69. The maximum absolute atomic E-state index is 5.37. The minimum Gasteiger partial charge on any atom is -0.493 e. The van der Waals surface area contributed by atoms with Gasteiger partial charge in [0.15, 0.2) is 17.5 Å². The molecule has 6 nitrogen and oxygen atoms in total. The number of guanidine groups is 1. The molecule has 1 heterocycles. The van der Waals surface area contributed by atoms with Crippen molar-refractivity contribution in [3.63, 3.8) is 0 Å². The van der Waals surface area contributed by atoms with Crippen molar-refractivity contribution in [2.75, 3.05) is 33.9 Å². The van der Waals surface area contributed by atoms with E-state index in [1.165, 1.54) is 10.6 Å². The summed E-state index contributed by atoms with van der Waals surface area (Å²) in [4.78, 5) is 9.34. The molecule has 2 rings (SSSR count). The van der Waals surface area contributed by atoms with E-state index in [2.05, 4.69) is 52.8 Å². The number of aromatic nitrogens is 1. The second-order valence-corrected chi connectivity index (χ2v) is 7.60. The van der Waals surface area contributed by atoms with Crippen molar-refractivity contribution in [3.05, 3.63) is 39.8 Å². The normalized spacial score (nSPS) is 11.6. The highest BCUT2D eigenvalue weighted by Gasteiger charge is 2.07. The zero-order chi connectivity index (χ0) is 20.4. The van der Waals surface area contributed by atoms with Crippen molar-refractivity contribution in [2.24, 2.45) is 4.99 Å². The van der Waals surface area contributed by atoms with Gasteiger partial charge in [0.25, 0.3) is 0 Å². The Morgan fingerprint density at radius 1 is 1.14 bits per heavy atom. The molecular weight excluding hydrogens is 372 g/mol. The Morgan fingerprint density at radius 2 is 1.93 bits per heavy atom. The Morgan fingerprint density at radius 3 is 2.57 bits per heavy atom. The van der Waals surface area contributed by atoms with E-state index in [0.717, 1.165) is 49.1 Å². The van der Waals surface area contributed by atoms with Crippen LogP contribution in [0, 0.1) is 0 Å². The third-order valence-electron chi connectivity index (χ3n) is 4.20. The maximum atomic E-state index is 5.37. The Balaban J connectivity index is 1.85. The number of nitrogens with one attached hydrogen (secondary N) is 2. The van der Waals surface area contributed by atoms with Crippen LogP contribution < -0.4 is 20.1 Å². The van der Waals surface area contributed by atoms with Crippen molar-refractivity contribution in [1.82, 2.24) is 15.6 Å². The quantitative estimate of drug-likeness (QED) is 0.468. The van der Waals surface area contributed by atoms with E-state index in [1.807, 2.05) is 12.1 Å². The van der Waals surface area contributed by atoms with Gasteiger partial charge >= 0.3 is 0 Å². The molecule has 0 saturated carbocycles. The first-order chi connectivity index (χ1) is 13.6. The van der Waals surface area contributed by atoms with Crippen LogP contribution in [0.2, 0.25) is 0 Å². The molecule has 1 aromatic carbocycles. The van der Waals surface area contributed by atoms with Crippen LogP contribution in [-0.2, 0) is 12.8 Å². The molecular formula is C21H32N4O2S. The summed E-state index contributed by atoms with van der Waals surface area (Å²) in [5.74, 6) is 2.82. The van der Waals surface area contributed by atoms with E-state index in [4.69, 9.17) is 9.47 Å². The van der Waals surface area contributed by atoms with Gasteiger partial charge < -0.3 is 20.1 Å². The molecule has 7 heteroatoms. The highest BCUT2D eigenvalue weighted by atomic mass is 32.1. The van der Waals surface area contributed by atoms with Gasteiger partial charge in [-0.2, -0.15) is 0 Å². The van der Waals surface area contributed by atoms with Crippen LogP contribution in [0.15, 0.2) is 28.6 Å². The van der Waals surface area contributed by atoms with E-state index in [-0.39, 0.29) is 0 Å². The van der Waals surface area contributed by atoms with Crippen molar-refractivity contribution in [2.45, 2.75) is 39.5 Å². The number of hydrogen-bond acceptors (Lipinski definition) is 5. The van der Waals surface area contributed by atoms with Gasteiger partial charge in [-0.05, 0) is 31.0 Å². The highest BCUT2D eigenvalue weighted by molar-refractivity contribution is 7.09. The monoisotopic (exact) mass is 404 g/mol. The molecule has 0 amide bonds. The summed E-state index contributed by atoms with van der Waals surface area (Å²) in [5.41, 5.74) is 2.31. The summed E-state index contributed by atoms with van der Waals surface area (Å²) in [6.45, 7) is 8.75. The zero-order valence-corrected chi connectivity index (χ0v) is 18.4. The van der Waals surface area contributed by atoms with Gasteiger partial charge in [0, 0.05) is 37.4 Å². The van der Waals surface area contributed by atoms with E-state index in [1.54, 1.807) is 25.6 Å². The molecule has 154 valence electrons. The molecule has 0 radical (unpaired) electrons. The minimum absolute atomic E-state index is 0.484. The fraction of sp³-hybridized carbons (Fsp3) is 0.524. The fourth-order valence-corrected chi connectivity index (χ4v) is 3.56. The second-order valence-electron chi connectivity index (χ2n) is 6.71. The molecule has 0 saturated heterocycles. The van der Waals surface area contributed by atoms with Gasteiger partial charge in [0.05, 0.1) is 24.9 Å². The lowest BCUT2D eigenvalue weighted by atomic mass is 10.1. The number of aliphatic imine (C=N–C) groups is 1. The average molecular weight is 405 g/mol. The molecule has 28 heavy (non-hydrogen) atoms. The SMILES string of the molecule is CCNC(=NCCc1csc(C(C)C)n1)NCCc1ccc(OC)c(OC)c1. The predicted molar refractivity (Wildman–Crippen MR) is 117 cm³/mol. The molecule has 0 atom stereocenters. The van der Waals surface area contributed by atoms with Gasteiger partial charge in [-0.15, -0.1) is 11.3 Å². The first-order valence-corrected chi connectivity index (χ1v) is 10.6. The zero-order valence-electron chi connectivity index (χ0n) is 17.5. The Bertz CT molecular complexity index is 759. The van der Waals surface area contributed by atoms with Crippen LogP contribution in [0.3, 0.4) is 0 Å². The van der Waals surface area contributed by atoms with Crippen LogP contribution in [-0.4, -0.2) is 44.8 Å². The number of methoxy groups -OCH3 is 2. The molecule has 0 aliphatic rings. The smallest absolute Gasteiger partial charge is 0.191 e. The second kappa shape index (κ2) is 11.5. The number of hydrogen-bond donors (Lipinski definition) is 2. The predicted octanol–water partition coefficient (Wildman–Crippen LogP) is 3.62. The molecule has 2 N–H and O–H groups in total. The Kier molecular flexibility index (Phi) is 9.07. The van der Waals surface area contributed by atoms with Gasteiger partial charge in [-0.3, -0.25) is 4.99 Å². The van der Waals surface area contributed by atoms with Crippen molar-refractivity contribution < 1.29 is 9.47 Å². The molecule has 0 aliphatic heterocycles. The lowest BCUT2D eigenvalue weighted by Crippen LogP contribution is -2.38. The lowest BCUT2D eigenvalue weighted by Gasteiger charge is -2.12. The Labute approximate surface area is 172 Å². The lowest BCUT2D eigenvalue weighted by molar-refractivity contribution is 0.354. The molecule has 0 bridgehead atoms.